The second-order valence-corrected chi connectivity index (χ2v) is 2.24. The van der Waals surface area contributed by atoms with Gasteiger partial charge in [-0.2, -0.15) is 5.10 Å². The maximum absolute atomic E-state index is 11.0. The van der Waals surface area contributed by atoms with Gasteiger partial charge in [0, 0.05) is 13.1 Å². The van der Waals surface area contributed by atoms with Crippen molar-refractivity contribution in [2.75, 3.05) is 6.54 Å². The minimum absolute atomic E-state index is 0.134. The number of nitrogens with one attached hydrogen (secondary N) is 2. The lowest BCUT2D eigenvalue weighted by Crippen LogP contribution is -2.37. The Kier molecular flexibility index (Phi) is 2.96. The summed E-state index contributed by atoms with van der Waals surface area (Å²) >= 11 is 0. The molecule has 1 heterocycles. The largest absolute Gasteiger partial charge is 0.357 e. The summed E-state index contributed by atoms with van der Waals surface area (Å²) < 4.78 is 0.948. The van der Waals surface area contributed by atoms with Gasteiger partial charge in [0.15, 0.2) is 0 Å². The number of rotatable bonds is 4. The monoisotopic (exact) mass is 184 g/mol. The van der Waals surface area contributed by atoms with E-state index in [0.717, 1.165) is 10.8 Å². The first kappa shape index (κ1) is 9.17. The molecule has 1 rings (SSSR count). The molecule has 1 amide bonds. The number of carbonyl (C=O) groups excluding carboxylic acids is 1. The number of aromatic nitrogens is 3. The lowest BCUT2D eigenvalue weighted by atomic mass is 10.6. The molecule has 0 saturated heterocycles. The van der Waals surface area contributed by atoms with Crippen molar-refractivity contribution in [3.63, 3.8) is 0 Å². The van der Waals surface area contributed by atoms with Gasteiger partial charge in [0.1, 0.15) is 6.20 Å². The molecule has 13 heavy (non-hydrogen) atoms. The Morgan fingerprint density at radius 3 is 3.00 bits per heavy atom. The van der Waals surface area contributed by atoms with E-state index < -0.39 is 11.2 Å². The average molecular weight is 184 g/mol. The second kappa shape index (κ2) is 4.19. The number of hydrogen-bond acceptors (Lipinski definition) is 4. The molecule has 0 saturated carbocycles. The maximum atomic E-state index is 11.0. The van der Waals surface area contributed by atoms with Crippen LogP contribution in [0.2, 0.25) is 0 Å². The molecule has 1 aromatic rings. The summed E-state index contributed by atoms with van der Waals surface area (Å²) in [7, 11) is 0. The molecule has 0 unspecified atom stereocenters. The fourth-order valence-electron chi connectivity index (χ4n) is 0.820. The molecule has 7 nitrogen and oxygen atoms in total. The van der Waals surface area contributed by atoms with E-state index in [9.17, 15) is 14.4 Å². The van der Waals surface area contributed by atoms with Crippen LogP contribution in [0.5, 0.6) is 0 Å². The smallest absolute Gasteiger partial charge is 0.344 e. The van der Waals surface area contributed by atoms with E-state index in [4.69, 9.17) is 0 Å². The Bertz CT molecular complexity index is 365. The highest BCUT2D eigenvalue weighted by molar-refractivity contribution is 5.45. The highest BCUT2D eigenvalue weighted by Gasteiger charge is 1.98. The van der Waals surface area contributed by atoms with Crippen LogP contribution in [0.25, 0.3) is 0 Å². The zero-order valence-electron chi connectivity index (χ0n) is 6.69. The third kappa shape index (κ3) is 2.26. The number of hydrogen-bond donors (Lipinski definition) is 2. The van der Waals surface area contributed by atoms with Crippen LogP contribution in [-0.2, 0) is 11.3 Å². The topological polar surface area (TPSA) is 96.8 Å². The SMILES string of the molecule is O=CNCCn1c(=O)cn[nH]c1=O. The van der Waals surface area contributed by atoms with E-state index in [1.807, 2.05) is 0 Å². The van der Waals surface area contributed by atoms with E-state index in [2.05, 4.69) is 15.5 Å². The predicted octanol–water partition coefficient (Wildman–Crippen LogP) is -2.32. The fraction of sp³-hybridized carbons (Fsp3) is 0.333. The number of carbonyl (C=O) groups is 1. The Morgan fingerprint density at radius 2 is 2.38 bits per heavy atom. The van der Waals surface area contributed by atoms with Crippen molar-refractivity contribution in [3.8, 4) is 0 Å². The van der Waals surface area contributed by atoms with Gasteiger partial charge in [0.25, 0.3) is 5.56 Å². The third-order valence-corrected chi connectivity index (χ3v) is 1.41. The molecule has 0 aliphatic carbocycles. The van der Waals surface area contributed by atoms with Gasteiger partial charge in [-0.15, -0.1) is 0 Å². The lowest BCUT2D eigenvalue weighted by molar-refractivity contribution is -0.109. The fourth-order valence-corrected chi connectivity index (χ4v) is 0.820. The Labute approximate surface area is 72.4 Å². The summed E-state index contributed by atoms with van der Waals surface area (Å²) in [4.78, 5) is 31.8. The summed E-state index contributed by atoms with van der Waals surface area (Å²) in [5.74, 6) is 0. The number of nitrogens with zero attached hydrogens (tertiary/aromatic N) is 2. The van der Waals surface area contributed by atoms with Gasteiger partial charge in [0.05, 0.1) is 0 Å². The van der Waals surface area contributed by atoms with Crippen molar-refractivity contribution in [1.29, 1.82) is 0 Å². The van der Waals surface area contributed by atoms with Crippen molar-refractivity contribution in [2.45, 2.75) is 6.54 Å². The summed E-state index contributed by atoms with van der Waals surface area (Å²) in [5, 5.41) is 7.76. The van der Waals surface area contributed by atoms with E-state index in [-0.39, 0.29) is 13.1 Å². The number of aromatic amines is 1. The third-order valence-electron chi connectivity index (χ3n) is 1.41. The van der Waals surface area contributed by atoms with E-state index in [0.29, 0.717) is 6.41 Å². The molecule has 0 aromatic carbocycles. The highest BCUT2D eigenvalue weighted by Crippen LogP contribution is 1.66. The van der Waals surface area contributed by atoms with Crippen LogP contribution in [0, 0.1) is 0 Å². The van der Waals surface area contributed by atoms with Crippen molar-refractivity contribution >= 4 is 6.41 Å². The molecular weight excluding hydrogens is 176 g/mol. The molecule has 0 spiro atoms. The molecule has 0 atom stereocenters. The first-order chi connectivity index (χ1) is 6.25. The Hall–Kier alpha value is -1.92. The molecule has 0 bridgehead atoms. The summed E-state index contributed by atoms with van der Waals surface area (Å²) in [6.07, 6.45) is 1.50. The molecule has 0 fully saturated rings. The van der Waals surface area contributed by atoms with Gasteiger partial charge in [0.2, 0.25) is 6.41 Å². The van der Waals surface area contributed by atoms with Crippen LogP contribution in [0.4, 0.5) is 0 Å². The molecular formula is C6H8N4O3. The average Bonchev–Trinajstić information content (AvgIpc) is 2.10. The van der Waals surface area contributed by atoms with Gasteiger partial charge in [-0.3, -0.25) is 14.2 Å². The Morgan fingerprint density at radius 1 is 1.62 bits per heavy atom. The lowest BCUT2D eigenvalue weighted by Gasteiger charge is -2.00. The number of amides is 1. The zero-order chi connectivity index (χ0) is 9.68. The van der Waals surface area contributed by atoms with Crippen molar-refractivity contribution in [3.05, 3.63) is 27.0 Å². The number of H-pyrrole nitrogens is 1. The first-order valence-electron chi connectivity index (χ1n) is 3.57. The quantitative estimate of drug-likeness (QED) is 0.405. The standard InChI is InChI=1S/C6H8N4O3/c11-4-7-1-2-10-5(12)3-8-9-6(10)13/h3-4H,1-2H2,(H,7,11)(H,9,13). The van der Waals surface area contributed by atoms with E-state index in [1.165, 1.54) is 0 Å². The predicted molar refractivity (Wildman–Crippen MR) is 43.2 cm³/mol. The summed E-state index contributed by atoms with van der Waals surface area (Å²) in [6, 6.07) is 0. The van der Waals surface area contributed by atoms with Gasteiger partial charge in [-0.1, -0.05) is 0 Å². The minimum Gasteiger partial charge on any atom is -0.357 e. The molecule has 0 radical (unpaired) electrons. The Balaban J connectivity index is 2.82. The van der Waals surface area contributed by atoms with Crippen molar-refractivity contribution < 1.29 is 4.79 Å². The van der Waals surface area contributed by atoms with Crippen molar-refractivity contribution in [1.82, 2.24) is 20.1 Å². The van der Waals surface area contributed by atoms with Crippen LogP contribution in [0.15, 0.2) is 15.8 Å². The van der Waals surface area contributed by atoms with Gasteiger partial charge in [-0.05, 0) is 0 Å². The molecule has 70 valence electrons. The van der Waals surface area contributed by atoms with Crippen LogP contribution < -0.4 is 16.6 Å². The van der Waals surface area contributed by atoms with Crippen molar-refractivity contribution in [2.24, 2.45) is 0 Å². The summed E-state index contributed by atoms with van der Waals surface area (Å²) in [5.41, 5.74) is -1.07. The minimum atomic E-state index is -0.583. The molecule has 2 N–H and O–H groups in total. The molecule has 0 aliphatic heterocycles. The van der Waals surface area contributed by atoms with E-state index >= 15 is 0 Å². The van der Waals surface area contributed by atoms with Crippen LogP contribution in [-0.4, -0.2) is 27.7 Å². The molecule has 1 aromatic heterocycles. The van der Waals surface area contributed by atoms with Gasteiger partial charge in [-0.25, -0.2) is 9.89 Å². The maximum Gasteiger partial charge on any atom is 0.344 e. The highest BCUT2D eigenvalue weighted by atomic mass is 16.2. The van der Waals surface area contributed by atoms with E-state index in [1.54, 1.807) is 0 Å². The zero-order valence-corrected chi connectivity index (χ0v) is 6.69. The van der Waals surface area contributed by atoms with Crippen LogP contribution in [0.3, 0.4) is 0 Å². The first-order valence-corrected chi connectivity index (χ1v) is 3.57. The van der Waals surface area contributed by atoms with Crippen LogP contribution >= 0.6 is 0 Å². The normalized spacial score (nSPS) is 9.54. The van der Waals surface area contributed by atoms with Gasteiger partial charge >= 0.3 is 5.69 Å². The molecule has 0 aliphatic rings. The van der Waals surface area contributed by atoms with Crippen LogP contribution in [0.1, 0.15) is 0 Å². The second-order valence-electron chi connectivity index (χ2n) is 2.24. The van der Waals surface area contributed by atoms with Gasteiger partial charge < -0.3 is 5.32 Å². The summed E-state index contributed by atoms with van der Waals surface area (Å²) in [6.45, 7) is 0.367. The molecule has 7 heteroatoms.